The van der Waals surface area contributed by atoms with E-state index in [1.165, 1.54) is 16.1 Å². The first-order valence-electron chi connectivity index (χ1n) is 6.50. The summed E-state index contributed by atoms with van der Waals surface area (Å²) >= 11 is 1.54. The lowest BCUT2D eigenvalue weighted by Gasteiger charge is -1.97. The topological polar surface area (TPSA) is 85.1 Å². The van der Waals surface area contributed by atoms with Crippen LogP contribution in [0.15, 0.2) is 52.9 Å². The van der Waals surface area contributed by atoms with E-state index in [1.54, 1.807) is 6.21 Å². The van der Waals surface area contributed by atoms with Crippen LogP contribution in [0.1, 0.15) is 4.88 Å². The SMILES string of the molecule is O=C(Cn1nnc(-c2ccccc2)n1)N/N=C\c1cccs1. The number of nitrogens with zero attached hydrogens (tertiary/aromatic N) is 5. The number of carbonyl (C=O) groups is 1. The molecule has 8 heteroatoms. The number of nitrogens with one attached hydrogen (secondary N) is 1. The summed E-state index contributed by atoms with van der Waals surface area (Å²) in [7, 11) is 0. The molecule has 1 aromatic carbocycles. The first-order chi connectivity index (χ1) is 10.8. The van der Waals surface area contributed by atoms with Gasteiger partial charge in [-0.2, -0.15) is 9.90 Å². The van der Waals surface area contributed by atoms with Gasteiger partial charge in [0.15, 0.2) is 0 Å². The second-order valence-corrected chi connectivity index (χ2v) is 5.30. The molecular weight excluding hydrogens is 300 g/mol. The van der Waals surface area contributed by atoms with E-state index in [-0.39, 0.29) is 12.5 Å². The standard InChI is InChI=1S/C14H12N6OS/c21-13(16-15-9-12-7-4-8-22-12)10-20-18-14(17-19-20)11-5-2-1-3-6-11/h1-9H,10H2,(H,16,21)/b15-9-. The van der Waals surface area contributed by atoms with E-state index in [0.29, 0.717) is 5.82 Å². The van der Waals surface area contributed by atoms with Gasteiger partial charge >= 0.3 is 0 Å². The summed E-state index contributed by atoms with van der Waals surface area (Å²) in [6.45, 7) is -0.0401. The van der Waals surface area contributed by atoms with Crippen molar-refractivity contribution in [3.8, 4) is 11.4 Å². The fraction of sp³-hybridized carbons (Fsp3) is 0.0714. The Morgan fingerprint density at radius 3 is 2.91 bits per heavy atom. The van der Waals surface area contributed by atoms with Crippen LogP contribution >= 0.6 is 11.3 Å². The van der Waals surface area contributed by atoms with E-state index in [1.807, 2.05) is 47.8 Å². The predicted molar refractivity (Wildman–Crippen MR) is 83.3 cm³/mol. The van der Waals surface area contributed by atoms with E-state index < -0.39 is 0 Å². The third-order valence-corrected chi connectivity index (χ3v) is 3.50. The highest BCUT2D eigenvalue weighted by molar-refractivity contribution is 7.11. The van der Waals surface area contributed by atoms with Gasteiger partial charge in [-0.25, -0.2) is 5.43 Å². The van der Waals surface area contributed by atoms with Crippen molar-refractivity contribution in [2.45, 2.75) is 6.54 Å². The van der Waals surface area contributed by atoms with Crippen molar-refractivity contribution in [3.63, 3.8) is 0 Å². The number of hydrogen-bond acceptors (Lipinski definition) is 6. The average molecular weight is 312 g/mol. The van der Waals surface area contributed by atoms with E-state index >= 15 is 0 Å². The molecule has 110 valence electrons. The maximum atomic E-state index is 11.7. The highest BCUT2D eigenvalue weighted by Crippen LogP contribution is 2.11. The maximum absolute atomic E-state index is 11.7. The fourth-order valence-electron chi connectivity index (χ4n) is 1.71. The minimum Gasteiger partial charge on any atom is -0.271 e. The molecule has 0 spiro atoms. The summed E-state index contributed by atoms with van der Waals surface area (Å²) in [6, 6.07) is 13.3. The van der Waals surface area contributed by atoms with Crippen molar-refractivity contribution >= 4 is 23.5 Å². The van der Waals surface area contributed by atoms with Crippen LogP contribution in [0.4, 0.5) is 0 Å². The van der Waals surface area contributed by atoms with Crippen LogP contribution in [-0.2, 0) is 11.3 Å². The van der Waals surface area contributed by atoms with Gasteiger partial charge in [0.1, 0.15) is 6.54 Å². The molecule has 0 fully saturated rings. The van der Waals surface area contributed by atoms with Gasteiger partial charge in [-0.15, -0.1) is 21.5 Å². The average Bonchev–Trinajstić information content (AvgIpc) is 3.20. The van der Waals surface area contributed by atoms with Crippen LogP contribution in [0.3, 0.4) is 0 Å². The van der Waals surface area contributed by atoms with Crippen LogP contribution in [0.2, 0.25) is 0 Å². The Balaban J connectivity index is 1.57. The van der Waals surface area contributed by atoms with Gasteiger partial charge in [0.25, 0.3) is 5.91 Å². The summed E-state index contributed by atoms with van der Waals surface area (Å²) in [6.07, 6.45) is 1.59. The monoisotopic (exact) mass is 312 g/mol. The zero-order valence-corrected chi connectivity index (χ0v) is 12.3. The highest BCUT2D eigenvalue weighted by Gasteiger charge is 2.08. The van der Waals surface area contributed by atoms with Gasteiger partial charge in [-0.1, -0.05) is 36.4 Å². The minimum absolute atomic E-state index is 0.0401. The summed E-state index contributed by atoms with van der Waals surface area (Å²) in [5, 5.41) is 17.8. The summed E-state index contributed by atoms with van der Waals surface area (Å²) in [5.41, 5.74) is 3.28. The normalized spacial score (nSPS) is 10.9. The van der Waals surface area contributed by atoms with Crippen LogP contribution in [0.5, 0.6) is 0 Å². The predicted octanol–water partition coefficient (Wildman–Crippen LogP) is 1.55. The number of benzene rings is 1. The van der Waals surface area contributed by atoms with Gasteiger partial charge in [-0.3, -0.25) is 4.79 Å². The Labute approximate surface area is 130 Å². The number of hydrogen-bond donors (Lipinski definition) is 1. The summed E-state index contributed by atoms with van der Waals surface area (Å²) < 4.78 is 0. The molecule has 2 aromatic heterocycles. The molecule has 0 radical (unpaired) electrons. The lowest BCUT2D eigenvalue weighted by molar-refractivity contribution is -0.122. The zero-order valence-electron chi connectivity index (χ0n) is 11.5. The summed E-state index contributed by atoms with van der Waals surface area (Å²) in [4.78, 5) is 13.9. The second kappa shape index (κ2) is 6.72. The van der Waals surface area contributed by atoms with Gasteiger partial charge in [-0.05, 0) is 16.7 Å². The van der Waals surface area contributed by atoms with Gasteiger partial charge in [0.2, 0.25) is 5.82 Å². The Bertz CT molecular complexity index is 766. The van der Waals surface area contributed by atoms with E-state index in [4.69, 9.17) is 0 Å². The number of hydrazone groups is 1. The lowest BCUT2D eigenvalue weighted by Crippen LogP contribution is -2.24. The molecule has 0 atom stereocenters. The molecule has 1 N–H and O–H groups in total. The quantitative estimate of drug-likeness (QED) is 0.572. The molecule has 0 aliphatic carbocycles. The van der Waals surface area contributed by atoms with Crippen molar-refractivity contribution in [3.05, 3.63) is 52.7 Å². The first-order valence-corrected chi connectivity index (χ1v) is 7.38. The maximum Gasteiger partial charge on any atom is 0.263 e. The van der Waals surface area contributed by atoms with Crippen molar-refractivity contribution in [2.24, 2.45) is 5.10 Å². The number of tetrazole rings is 1. The van der Waals surface area contributed by atoms with Crippen LogP contribution in [-0.4, -0.2) is 32.3 Å². The molecule has 0 saturated heterocycles. The Kier molecular flexibility index (Phi) is 4.30. The zero-order chi connectivity index (χ0) is 15.2. The fourth-order valence-corrected chi connectivity index (χ4v) is 2.29. The molecule has 3 rings (SSSR count). The molecule has 0 aliphatic rings. The molecular formula is C14H12N6OS. The number of aromatic nitrogens is 4. The third kappa shape index (κ3) is 3.61. The molecule has 0 unspecified atom stereocenters. The van der Waals surface area contributed by atoms with Crippen LogP contribution in [0, 0.1) is 0 Å². The number of carbonyl (C=O) groups excluding carboxylic acids is 1. The number of rotatable bonds is 5. The Morgan fingerprint density at radius 2 is 2.14 bits per heavy atom. The molecule has 1 amide bonds. The van der Waals surface area contributed by atoms with Gasteiger partial charge in [0, 0.05) is 10.4 Å². The Morgan fingerprint density at radius 1 is 1.27 bits per heavy atom. The van der Waals surface area contributed by atoms with Crippen molar-refractivity contribution in [1.82, 2.24) is 25.6 Å². The third-order valence-electron chi connectivity index (χ3n) is 2.69. The smallest absolute Gasteiger partial charge is 0.263 e. The molecule has 7 nitrogen and oxygen atoms in total. The van der Waals surface area contributed by atoms with Crippen LogP contribution < -0.4 is 5.43 Å². The molecule has 3 aromatic rings. The van der Waals surface area contributed by atoms with E-state index in [2.05, 4.69) is 25.9 Å². The lowest BCUT2D eigenvalue weighted by atomic mass is 10.2. The van der Waals surface area contributed by atoms with Crippen molar-refractivity contribution < 1.29 is 4.79 Å². The number of amides is 1. The molecule has 0 aliphatic heterocycles. The largest absolute Gasteiger partial charge is 0.271 e. The molecule has 0 saturated carbocycles. The van der Waals surface area contributed by atoms with Crippen LogP contribution in [0.25, 0.3) is 11.4 Å². The van der Waals surface area contributed by atoms with Gasteiger partial charge < -0.3 is 0 Å². The minimum atomic E-state index is -0.315. The molecule has 0 bridgehead atoms. The highest BCUT2D eigenvalue weighted by atomic mass is 32.1. The van der Waals surface area contributed by atoms with Crippen molar-refractivity contribution in [2.75, 3.05) is 0 Å². The second-order valence-electron chi connectivity index (χ2n) is 4.32. The molecule has 22 heavy (non-hydrogen) atoms. The van der Waals surface area contributed by atoms with E-state index in [0.717, 1.165) is 10.4 Å². The molecule has 2 heterocycles. The first kappa shape index (κ1) is 14.1. The van der Waals surface area contributed by atoms with Crippen molar-refractivity contribution in [1.29, 1.82) is 0 Å². The Hall–Kier alpha value is -2.87. The van der Waals surface area contributed by atoms with E-state index in [9.17, 15) is 4.79 Å². The number of thiophene rings is 1. The van der Waals surface area contributed by atoms with Gasteiger partial charge in [0.05, 0.1) is 6.21 Å². The summed E-state index contributed by atoms with van der Waals surface area (Å²) in [5.74, 6) is 0.167.